The van der Waals surface area contributed by atoms with Gasteiger partial charge < -0.3 is 9.84 Å². The lowest BCUT2D eigenvalue weighted by Crippen LogP contribution is -2.09. The molecule has 1 N–H and O–H groups in total. The van der Waals surface area contributed by atoms with Gasteiger partial charge in [0.25, 0.3) is 0 Å². The van der Waals surface area contributed by atoms with Gasteiger partial charge in [0, 0.05) is 23.4 Å². The number of aryl methyl sites for hydroxylation is 3. The van der Waals surface area contributed by atoms with E-state index >= 15 is 0 Å². The van der Waals surface area contributed by atoms with Crippen molar-refractivity contribution in [3.05, 3.63) is 29.4 Å². The Morgan fingerprint density at radius 2 is 2.05 bits per heavy atom. The first kappa shape index (κ1) is 13.2. The molecule has 0 aliphatic carbocycles. The van der Waals surface area contributed by atoms with E-state index in [-0.39, 0.29) is 0 Å². The van der Waals surface area contributed by atoms with Crippen molar-refractivity contribution < 1.29 is 4.52 Å². The predicted molar refractivity (Wildman–Crippen MR) is 76.3 cm³/mol. The molecule has 1 aliphatic heterocycles. The maximum absolute atomic E-state index is 5.36. The van der Waals surface area contributed by atoms with Gasteiger partial charge in [0.1, 0.15) is 0 Å². The van der Waals surface area contributed by atoms with Gasteiger partial charge in [-0.3, -0.25) is 4.98 Å². The SMILES string of the molecule is Cc1cc(-c2noc(CCC3CCNC3)n2)cc(C)n1. The highest BCUT2D eigenvalue weighted by molar-refractivity contribution is 5.55. The Labute approximate surface area is 118 Å². The summed E-state index contributed by atoms with van der Waals surface area (Å²) in [6.07, 6.45) is 3.23. The molecule has 2 aromatic heterocycles. The normalized spacial score (nSPS) is 18.6. The molecule has 0 amide bonds. The van der Waals surface area contributed by atoms with Crippen molar-refractivity contribution in [1.82, 2.24) is 20.4 Å². The van der Waals surface area contributed by atoms with Crippen molar-refractivity contribution in [3.8, 4) is 11.4 Å². The van der Waals surface area contributed by atoms with Crippen molar-refractivity contribution in [1.29, 1.82) is 0 Å². The first-order chi connectivity index (χ1) is 9.70. The highest BCUT2D eigenvalue weighted by atomic mass is 16.5. The van der Waals surface area contributed by atoms with E-state index in [1.165, 1.54) is 6.42 Å². The molecule has 1 aliphatic rings. The van der Waals surface area contributed by atoms with Crippen molar-refractivity contribution in [3.63, 3.8) is 0 Å². The molecule has 3 heterocycles. The van der Waals surface area contributed by atoms with E-state index in [2.05, 4.69) is 20.4 Å². The van der Waals surface area contributed by atoms with Crippen LogP contribution in [0.3, 0.4) is 0 Å². The molecule has 0 aromatic carbocycles. The lowest BCUT2D eigenvalue weighted by atomic mass is 10.0. The van der Waals surface area contributed by atoms with Gasteiger partial charge in [-0.15, -0.1) is 0 Å². The van der Waals surface area contributed by atoms with Crippen molar-refractivity contribution >= 4 is 0 Å². The van der Waals surface area contributed by atoms with Crippen molar-refractivity contribution in [2.45, 2.75) is 33.1 Å². The van der Waals surface area contributed by atoms with E-state index in [0.717, 1.165) is 54.7 Å². The van der Waals surface area contributed by atoms with Gasteiger partial charge in [0.05, 0.1) is 0 Å². The highest BCUT2D eigenvalue weighted by Gasteiger charge is 2.16. The van der Waals surface area contributed by atoms with Crippen LogP contribution in [0.15, 0.2) is 16.7 Å². The minimum absolute atomic E-state index is 0.665. The predicted octanol–water partition coefficient (Wildman–Crippen LogP) is 2.29. The molecule has 0 radical (unpaired) electrons. The fraction of sp³-hybridized carbons (Fsp3) is 0.533. The van der Waals surface area contributed by atoms with Crippen molar-refractivity contribution in [2.75, 3.05) is 13.1 Å². The molecule has 0 spiro atoms. The largest absolute Gasteiger partial charge is 0.339 e. The zero-order valence-electron chi connectivity index (χ0n) is 12.0. The Balaban J connectivity index is 1.69. The fourth-order valence-electron chi connectivity index (χ4n) is 2.73. The van der Waals surface area contributed by atoms with Crippen LogP contribution in [0.4, 0.5) is 0 Å². The van der Waals surface area contributed by atoms with Crippen LogP contribution in [0.2, 0.25) is 0 Å². The summed E-state index contributed by atoms with van der Waals surface area (Å²) in [5, 5.41) is 7.46. The molecule has 5 nitrogen and oxygen atoms in total. The average molecular weight is 272 g/mol. The molecule has 2 aromatic rings. The van der Waals surface area contributed by atoms with Crippen LogP contribution >= 0.6 is 0 Å². The molecule has 3 rings (SSSR count). The van der Waals surface area contributed by atoms with E-state index in [0.29, 0.717) is 5.82 Å². The fourth-order valence-corrected chi connectivity index (χ4v) is 2.73. The topological polar surface area (TPSA) is 63.8 Å². The standard InChI is InChI=1S/C15H20N4O/c1-10-7-13(8-11(2)17-10)15-18-14(20-19-15)4-3-12-5-6-16-9-12/h7-8,12,16H,3-6,9H2,1-2H3. The zero-order valence-corrected chi connectivity index (χ0v) is 12.0. The second kappa shape index (κ2) is 5.71. The molecule has 5 heteroatoms. The second-order valence-corrected chi connectivity index (χ2v) is 5.55. The second-order valence-electron chi connectivity index (χ2n) is 5.55. The van der Waals surface area contributed by atoms with Crippen LogP contribution in [0.1, 0.15) is 30.1 Å². The van der Waals surface area contributed by atoms with Gasteiger partial charge in [-0.05, 0) is 57.8 Å². The molecule has 0 saturated carbocycles. The number of aromatic nitrogens is 3. The summed E-state index contributed by atoms with van der Waals surface area (Å²) in [5.74, 6) is 2.15. The molecular formula is C15H20N4O. The number of rotatable bonds is 4. The van der Waals surface area contributed by atoms with E-state index in [1.807, 2.05) is 26.0 Å². The van der Waals surface area contributed by atoms with Crippen LogP contribution in [-0.2, 0) is 6.42 Å². The molecule has 0 bridgehead atoms. The number of pyridine rings is 1. The number of nitrogens with one attached hydrogen (secondary N) is 1. The third-order valence-electron chi connectivity index (χ3n) is 3.74. The summed E-state index contributed by atoms with van der Waals surface area (Å²) in [4.78, 5) is 8.86. The van der Waals surface area contributed by atoms with E-state index in [4.69, 9.17) is 4.52 Å². The molecule has 1 atom stereocenters. The van der Waals surface area contributed by atoms with Gasteiger partial charge in [-0.1, -0.05) is 5.16 Å². The molecule has 1 saturated heterocycles. The minimum atomic E-state index is 0.665. The minimum Gasteiger partial charge on any atom is -0.339 e. The maximum atomic E-state index is 5.36. The number of nitrogens with zero attached hydrogens (tertiary/aromatic N) is 3. The highest BCUT2D eigenvalue weighted by Crippen LogP contribution is 2.20. The average Bonchev–Trinajstić information content (AvgIpc) is 3.07. The third kappa shape index (κ3) is 3.04. The Morgan fingerprint density at radius 3 is 2.75 bits per heavy atom. The molecule has 1 unspecified atom stereocenters. The maximum Gasteiger partial charge on any atom is 0.226 e. The Morgan fingerprint density at radius 1 is 1.25 bits per heavy atom. The molecule has 1 fully saturated rings. The summed E-state index contributed by atoms with van der Waals surface area (Å²) < 4.78 is 5.36. The monoisotopic (exact) mass is 272 g/mol. The lowest BCUT2D eigenvalue weighted by molar-refractivity contribution is 0.365. The van der Waals surface area contributed by atoms with Gasteiger partial charge >= 0.3 is 0 Å². The first-order valence-electron chi connectivity index (χ1n) is 7.19. The Bertz CT molecular complexity index is 567. The van der Waals surface area contributed by atoms with Crippen LogP contribution < -0.4 is 5.32 Å². The van der Waals surface area contributed by atoms with E-state index in [1.54, 1.807) is 0 Å². The summed E-state index contributed by atoms with van der Waals surface area (Å²) in [5.41, 5.74) is 2.93. The van der Waals surface area contributed by atoms with Gasteiger partial charge in [-0.25, -0.2) is 0 Å². The molecule has 20 heavy (non-hydrogen) atoms. The Hall–Kier alpha value is -1.75. The smallest absolute Gasteiger partial charge is 0.226 e. The molecule has 106 valence electrons. The number of hydrogen-bond donors (Lipinski definition) is 1. The van der Waals surface area contributed by atoms with Crippen LogP contribution in [0.5, 0.6) is 0 Å². The van der Waals surface area contributed by atoms with E-state index in [9.17, 15) is 0 Å². The first-order valence-corrected chi connectivity index (χ1v) is 7.19. The summed E-state index contributed by atoms with van der Waals surface area (Å²) in [7, 11) is 0. The van der Waals surface area contributed by atoms with Crippen molar-refractivity contribution in [2.24, 2.45) is 5.92 Å². The number of hydrogen-bond acceptors (Lipinski definition) is 5. The summed E-state index contributed by atoms with van der Waals surface area (Å²) in [6.45, 7) is 6.20. The molecular weight excluding hydrogens is 252 g/mol. The summed E-state index contributed by atoms with van der Waals surface area (Å²) >= 11 is 0. The Kier molecular flexibility index (Phi) is 3.78. The quantitative estimate of drug-likeness (QED) is 0.925. The van der Waals surface area contributed by atoms with Gasteiger partial charge in [0.2, 0.25) is 11.7 Å². The van der Waals surface area contributed by atoms with Gasteiger partial charge in [-0.2, -0.15) is 4.98 Å². The summed E-state index contributed by atoms with van der Waals surface area (Å²) in [6, 6.07) is 3.98. The third-order valence-corrected chi connectivity index (χ3v) is 3.74. The van der Waals surface area contributed by atoms with Gasteiger partial charge in [0.15, 0.2) is 0 Å². The van der Waals surface area contributed by atoms with Crippen LogP contribution in [-0.4, -0.2) is 28.2 Å². The zero-order chi connectivity index (χ0) is 13.9. The van der Waals surface area contributed by atoms with Crippen LogP contribution in [0.25, 0.3) is 11.4 Å². The van der Waals surface area contributed by atoms with Crippen LogP contribution in [0, 0.1) is 19.8 Å². The lowest BCUT2D eigenvalue weighted by Gasteiger charge is -2.04. The van der Waals surface area contributed by atoms with E-state index < -0.39 is 0 Å².